The standard InChI is InChI=1S/C17H14N2O/c20-11-14-16-15(8-3-9-18-16)19-10-4-6-12-5-1-2-7-13(12)17(14)19/h1-3,5,7-9,11H,4,6,10H2. The van der Waals surface area contributed by atoms with E-state index in [1.807, 2.05) is 18.2 Å². The molecular formula is C17H14N2O. The number of aryl methyl sites for hydroxylation is 2. The van der Waals surface area contributed by atoms with Crippen LogP contribution in [0.15, 0.2) is 42.6 Å². The molecule has 1 aliphatic rings. The van der Waals surface area contributed by atoms with Crippen LogP contribution in [0.4, 0.5) is 0 Å². The van der Waals surface area contributed by atoms with E-state index < -0.39 is 0 Å². The van der Waals surface area contributed by atoms with E-state index >= 15 is 0 Å². The molecule has 20 heavy (non-hydrogen) atoms. The zero-order valence-corrected chi connectivity index (χ0v) is 11.0. The van der Waals surface area contributed by atoms with Gasteiger partial charge in [-0.1, -0.05) is 24.3 Å². The second kappa shape index (κ2) is 4.30. The third-order valence-electron chi connectivity index (χ3n) is 4.08. The SMILES string of the molecule is O=Cc1c2n(c3cccnc13)CCCc1ccccc1-2. The number of hydrogen-bond acceptors (Lipinski definition) is 2. The molecule has 2 aromatic heterocycles. The molecule has 0 saturated heterocycles. The number of benzene rings is 1. The maximum Gasteiger partial charge on any atom is 0.154 e. The van der Waals surface area contributed by atoms with E-state index in [0.717, 1.165) is 48.0 Å². The predicted molar refractivity (Wildman–Crippen MR) is 78.9 cm³/mol. The van der Waals surface area contributed by atoms with Crippen LogP contribution < -0.4 is 0 Å². The van der Waals surface area contributed by atoms with Crippen molar-refractivity contribution in [1.29, 1.82) is 0 Å². The first kappa shape index (κ1) is 11.4. The topological polar surface area (TPSA) is 34.9 Å². The molecule has 1 aliphatic heterocycles. The number of fused-ring (bicyclic) bond motifs is 5. The molecule has 0 saturated carbocycles. The summed E-state index contributed by atoms with van der Waals surface area (Å²) in [7, 11) is 0. The lowest BCUT2D eigenvalue weighted by atomic mass is 10.00. The van der Waals surface area contributed by atoms with Gasteiger partial charge in [0.25, 0.3) is 0 Å². The molecule has 3 heterocycles. The lowest BCUT2D eigenvalue weighted by molar-refractivity contribution is 0.112. The lowest BCUT2D eigenvalue weighted by Crippen LogP contribution is -1.98. The van der Waals surface area contributed by atoms with Crippen molar-refractivity contribution in [3.8, 4) is 11.3 Å². The summed E-state index contributed by atoms with van der Waals surface area (Å²) >= 11 is 0. The number of nitrogens with zero attached hydrogens (tertiary/aromatic N) is 2. The highest BCUT2D eigenvalue weighted by Crippen LogP contribution is 2.36. The Balaban J connectivity index is 2.18. The van der Waals surface area contributed by atoms with Gasteiger partial charge < -0.3 is 4.57 Å². The molecule has 3 nitrogen and oxygen atoms in total. The molecule has 0 radical (unpaired) electrons. The Morgan fingerprint density at radius 1 is 1.15 bits per heavy atom. The van der Waals surface area contributed by atoms with Gasteiger partial charge in [-0.15, -0.1) is 0 Å². The molecule has 3 heteroatoms. The van der Waals surface area contributed by atoms with E-state index in [4.69, 9.17) is 0 Å². The summed E-state index contributed by atoms with van der Waals surface area (Å²) in [6, 6.07) is 12.3. The van der Waals surface area contributed by atoms with Crippen molar-refractivity contribution in [3.05, 3.63) is 53.7 Å². The monoisotopic (exact) mass is 262 g/mol. The normalized spacial score (nSPS) is 13.6. The van der Waals surface area contributed by atoms with Gasteiger partial charge in [-0.25, -0.2) is 0 Å². The van der Waals surface area contributed by atoms with Crippen LogP contribution in [0.1, 0.15) is 22.3 Å². The van der Waals surface area contributed by atoms with Gasteiger partial charge in [-0.05, 0) is 30.5 Å². The van der Waals surface area contributed by atoms with Gasteiger partial charge in [0, 0.05) is 18.3 Å². The fourth-order valence-corrected chi connectivity index (χ4v) is 3.23. The maximum absolute atomic E-state index is 11.6. The van der Waals surface area contributed by atoms with Crippen molar-refractivity contribution in [1.82, 2.24) is 9.55 Å². The Morgan fingerprint density at radius 3 is 2.95 bits per heavy atom. The first-order valence-electron chi connectivity index (χ1n) is 6.91. The van der Waals surface area contributed by atoms with Crippen molar-refractivity contribution < 1.29 is 4.79 Å². The van der Waals surface area contributed by atoms with E-state index in [-0.39, 0.29) is 0 Å². The van der Waals surface area contributed by atoms with Gasteiger partial charge >= 0.3 is 0 Å². The Morgan fingerprint density at radius 2 is 2.05 bits per heavy atom. The minimum atomic E-state index is 0.718. The Bertz CT molecular complexity index is 817. The molecule has 0 fully saturated rings. The zero-order valence-electron chi connectivity index (χ0n) is 11.0. The molecular weight excluding hydrogens is 248 g/mol. The highest BCUT2D eigenvalue weighted by Gasteiger charge is 2.22. The fraction of sp³-hybridized carbons (Fsp3) is 0.176. The lowest BCUT2D eigenvalue weighted by Gasteiger charge is -2.08. The second-order valence-corrected chi connectivity index (χ2v) is 5.16. The predicted octanol–water partition coefficient (Wildman–Crippen LogP) is 3.46. The summed E-state index contributed by atoms with van der Waals surface area (Å²) < 4.78 is 2.25. The molecule has 0 amide bonds. The zero-order chi connectivity index (χ0) is 13.5. The smallest absolute Gasteiger partial charge is 0.154 e. The van der Waals surface area contributed by atoms with Gasteiger partial charge in [0.1, 0.15) is 0 Å². The van der Waals surface area contributed by atoms with Gasteiger partial charge in [0.05, 0.1) is 22.3 Å². The van der Waals surface area contributed by atoms with Crippen molar-refractivity contribution in [2.45, 2.75) is 19.4 Å². The molecule has 0 bridgehead atoms. The van der Waals surface area contributed by atoms with Crippen LogP contribution in [0, 0.1) is 0 Å². The number of aromatic nitrogens is 2. The summed E-state index contributed by atoms with van der Waals surface area (Å²) in [5, 5.41) is 0. The average Bonchev–Trinajstić information content (AvgIpc) is 2.69. The van der Waals surface area contributed by atoms with Crippen molar-refractivity contribution in [2.75, 3.05) is 0 Å². The number of carbonyl (C=O) groups is 1. The average molecular weight is 262 g/mol. The van der Waals surface area contributed by atoms with Gasteiger partial charge in [0.15, 0.2) is 6.29 Å². The molecule has 3 aromatic rings. The van der Waals surface area contributed by atoms with Crippen LogP contribution in [-0.4, -0.2) is 15.8 Å². The third-order valence-corrected chi connectivity index (χ3v) is 4.08. The molecule has 1 aromatic carbocycles. The van der Waals surface area contributed by atoms with E-state index in [0.29, 0.717) is 0 Å². The fourth-order valence-electron chi connectivity index (χ4n) is 3.23. The van der Waals surface area contributed by atoms with Crippen molar-refractivity contribution >= 4 is 17.3 Å². The highest BCUT2D eigenvalue weighted by atomic mass is 16.1. The first-order chi connectivity index (χ1) is 9.90. The summed E-state index contributed by atoms with van der Waals surface area (Å²) in [5.74, 6) is 0. The number of carbonyl (C=O) groups excluding carboxylic acids is 1. The highest BCUT2D eigenvalue weighted by molar-refractivity contribution is 6.03. The number of aldehydes is 1. The Kier molecular flexibility index (Phi) is 2.46. The van der Waals surface area contributed by atoms with Crippen molar-refractivity contribution in [3.63, 3.8) is 0 Å². The number of pyridine rings is 1. The summed E-state index contributed by atoms with van der Waals surface area (Å²) in [4.78, 5) is 16.0. The van der Waals surface area contributed by atoms with E-state index in [9.17, 15) is 4.79 Å². The van der Waals surface area contributed by atoms with E-state index in [1.165, 1.54) is 11.1 Å². The molecule has 4 rings (SSSR count). The molecule has 0 aliphatic carbocycles. The van der Waals surface area contributed by atoms with Crippen LogP contribution in [0.2, 0.25) is 0 Å². The summed E-state index contributed by atoms with van der Waals surface area (Å²) in [5.41, 5.74) is 6.11. The minimum Gasteiger partial charge on any atom is -0.339 e. The molecule has 0 atom stereocenters. The van der Waals surface area contributed by atoms with Crippen LogP contribution in [0.5, 0.6) is 0 Å². The van der Waals surface area contributed by atoms with Gasteiger partial charge in [0.2, 0.25) is 0 Å². The van der Waals surface area contributed by atoms with Crippen molar-refractivity contribution in [2.24, 2.45) is 0 Å². The number of rotatable bonds is 1. The largest absolute Gasteiger partial charge is 0.339 e. The second-order valence-electron chi connectivity index (χ2n) is 5.16. The van der Waals surface area contributed by atoms with Crippen LogP contribution in [0.3, 0.4) is 0 Å². The summed E-state index contributed by atoms with van der Waals surface area (Å²) in [6.07, 6.45) is 4.84. The molecule has 0 unspecified atom stereocenters. The quantitative estimate of drug-likeness (QED) is 0.629. The third kappa shape index (κ3) is 1.46. The first-order valence-corrected chi connectivity index (χ1v) is 6.91. The molecule has 0 N–H and O–H groups in total. The Labute approximate surface area is 116 Å². The van der Waals surface area contributed by atoms with Crippen LogP contribution in [0.25, 0.3) is 22.3 Å². The van der Waals surface area contributed by atoms with Gasteiger partial charge in [-0.3, -0.25) is 9.78 Å². The number of hydrogen-bond donors (Lipinski definition) is 0. The van der Waals surface area contributed by atoms with E-state index in [1.54, 1.807) is 6.20 Å². The van der Waals surface area contributed by atoms with Crippen LogP contribution in [-0.2, 0) is 13.0 Å². The van der Waals surface area contributed by atoms with Crippen LogP contribution >= 0.6 is 0 Å². The van der Waals surface area contributed by atoms with Gasteiger partial charge in [-0.2, -0.15) is 0 Å². The van der Waals surface area contributed by atoms with E-state index in [2.05, 4.69) is 27.8 Å². The molecule has 0 spiro atoms. The molecule has 98 valence electrons. The maximum atomic E-state index is 11.6. The summed E-state index contributed by atoms with van der Waals surface area (Å²) in [6.45, 7) is 0.931. The Hall–Kier alpha value is -2.42. The minimum absolute atomic E-state index is 0.718.